The summed E-state index contributed by atoms with van der Waals surface area (Å²) >= 11 is 5.79. The highest BCUT2D eigenvalue weighted by Crippen LogP contribution is 2.27. The molecule has 1 aliphatic heterocycles. The molecule has 21 heavy (non-hydrogen) atoms. The van der Waals surface area contributed by atoms with Crippen molar-refractivity contribution in [1.82, 2.24) is 0 Å². The smallest absolute Gasteiger partial charge is 0.338 e. The first kappa shape index (κ1) is 15.7. The third-order valence-electron chi connectivity index (χ3n) is 3.31. The molecule has 114 valence electrons. The van der Waals surface area contributed by atoms with Crippen molar-refractivity contribution < 1.29 is 19.2 Å². The second-order valence-corrected chi connectivity index (χ2v) is 5.59. The molecule has 6 nitrogen and oxygen atoms in total. The Morgan fingerprint density at radius 1 is 1.38 bits per heavy atom. The number of carbonyl (C=O) groups excluding carboxylic acids is 1. The minimum atomic E-state index is -0.598. The number of halogens is 1. The first-order valence-electron chi connectivity index (χ1n) is 6.67. The van der Waals surface area contributed by atoms with E-state index in [1.54, 1.807) is 0 Å². The Morgan fingerprint density at radius 3 is 2.52 bits per heavy atom. The lowest BCUT2D eigenvalue weighted by Crippen LogP contribution is -2.35. The van der Waals surface area contributed by atoms with E-state index in [0.717, 1.165) is 0 Å². The summed E-state index contributed by atoms with van der Waals surface area (Å²) < 4.78 is 11.0. The van der Waals surface area contributed by atoms with Crippen molar-refractivity contribution in [2.75, 3.05) is 0 Å². The molecule has 1 aromatic carbocycles. The number of hydrogen-bond donors (Lipinski definition) is 0. The predicted molar refractivity (Wildman–Crippen MR) is 76.6 cm³/mol. The zero-order valence-corrected chi connectivity index (χ0v) is 12.5. The van der Waals surface area contributed by atoms with Gasteiger partial charge in [-0.05, 0) is 26.0 Å². The second kappa shape index (κ2) is 6.41. The Morgan fingerprint density at radius 2 is 2.00 bits per heavy atom. The zero-order valence-electron chi connectivity index (χ0n) is 11.7. The van der Waals surface area contributed by atoms with E-state index in [1.807, 2.05) is 13.8 Å². The number of benzene rings is 1. The molecule has 1 aliphatic rings. The predicted octanol–water partition coefficient (Wildman–Crippen LogP) is 3.36. The third-order valence-corrected chi connectivity index (χ3v) is 3.61. The Bertz CT molecular complexity index is 552. The van der Waals surface area contributed by atoms with Crippen molar-refractivity contribution in [3.8, 4) is 0 Å². The fourth-order valence-corrected chi connectivity index (χ4v) is 2.69. The highest BCUT2D eigenvalue weighted by atomic mass is 35.5. The fraction of sp³-hybridized carbons (Fsp3) is 0.500. The summed E-state index contributed by atoms with van der Waals surface area (Å²) in [6.45, 7) is 3.86. The summed E-state index contributed by atoms with van der Waals surface area (Å²) in [5.41, 5.74) is -0.0288. The van der Waals surface area contributed by atoms with Gasteiger partial charge < -0.3 is 9.47 Å². The molecule has 1 aromatic rings. The van der Waals surface area contributed by atoms with Crippen LogP contribution in [0.1, 0.15) is 37.0 Å². The minimum absolute atomic E-state index is 0.0343. The Balaban J connectivity index is 2.06. The van der Waals surface area contributed by atoms with Crippen molar-refractivity contribution in [3.05, 3.63) is 38.9 Å². The molecule has 1 saturated heterocycles. The average Bonchev–Trinajstić information content (AvgIpc) is 2.36. The molecule has 0 bridgehead atoms. The largest absolute Gasteiger partial charge is 0.459 e. The molecular formula is C14H16ClNO5. The van der Waals surface area contributed by atoms with Crippen LogP contribution in [-0.4, -0.2) is 29.2 Å². The molecular weight excluding hydrogens is 298 g/mol. The zero-order chi connectivity index (χ0) is 15.6. The van der Waals surface area contributed by atoms with Crippen molar-refractivity contribution >= 4 is 23.3 Å². The first-order valence-corrected chi connectivity index (χ1v) is 7.05. The molecule has 0 aromatic heterocycles. The average molecular weight is 314 g/mol. The summed E-state index contributed by atoms with van der Waals surface area (Å²) in [5.74, 6) is -0.530. The number of nitrogens with zero attached hydrogens (tertiary/aromatic N) is 1. The van der Waals surface area contributed by atoms with Crippen LogP contribution in [0.25, 0.3) is 0 Å². The molecule has 2 unspecified atom stereocenters. The molecule has 0 aliphatic carbocycles. The van der Waals surface area contributed by atoms with E-state index in [0.29, 0.717) is 12.8 Å². The Hall–Kier alpha value is -1.66. The Labute approximate surface area is 127 Å². The lowest BCUT2D eigenvalue weighted by Gasteiger charge is -2.31. The van der Waals surface area contributed by atoms with Crippen LogP contribution in [0.2, 0.25) is 5.02 Å². The van der Waals surface area contributed by atoms with E-state index in [-0.39, 0.29) is 34.6 Å². The number of ether oxygens (including phenoxy) is 2. The van der Waals surface area contributed by atoms with Gasteiger partial charge in [0.25, 0.3) is 5.69 Å². The number of esters is 1. The maximum absolute atomic E-state index is 12.1. The van der Waals surface area contributed by atoms with E-state index in [2.05, 4.69) is 0 Å². The van der Waals surface area contributed by atoms with Crippen LogP contribution in [0.15, 0.2) is 18.2 Å². The lowest BCUT2D eigenvalue weighted by molar-refractivity contribution is -0.384. The molecule has 0 N–H and O–H groups in total. The Kier molecular flexibility index (Phi) is 4.80. The number of nitro benzene ring substituents is 1. The fourth-order valence-electron chi connectivity index (χ4n) is 2.44. The molecule has 2 atom stereocenters. The highest BCUT2D eigenvalue weighted by molar-refractivity contribution is 6.33. The van der Waals surface area contributed by atoms with Gasteiger partial charge in [0.2, 0.25) is 0 Å². The molecule has 7 heteroatoms. The molecule has 1 heterocycles. The van der Waals surface area contributed by atoms with E-state index in [9.17, 15) is 14.9 Å². The normalized spacial score (nSPS) is 25.4. The SMILES string of the molecule is CC1CC(OC(=O)c2ccc([N+](=O)[O-])c(Cl)c2)CC(C)O1. The van der Waals surface area contributed by atoms with Crippen LogP contribution < -0.4 is 0 Å². The molecule has 2 rings (SSSR count). The van der Waals surface area contributed by atoms with Gasteiger partial charge in [-0.2, -0.15) is 0 Å². The standard InChI is InChI=1S/C14H16ClNO5/c1-8-5-11(6-9(2)20-8)21-14(17)10-3-4-13(16(18)19)12(15)7-10/h3-4,7-9,11H,5-6H2,1-2H3. The quantitative estimate of drug-likeness (QED) is 0.485. The summed E-state index contributed by atoms with van der Waals surface area (Å²) in [7, 11) is 0. The molecule has 0 spiro atoms. The summed E-state index contributed by atoms with van der Waals surface area (Å²) in [5, 5.41) is 10.6. The van der Waals surface area contributed by atoms with E-state index in [4.69, 9.17) is 21.1 Å². The lowest BCUT2D eigenvalue weighted by atomic mass is 10.0. The van der Waals surface area contributed by atoms with Gasteiger partial charge in [-0.15, -0.1) is 0 Å². The van der Waals surface area contributed by atoms with E-state index in [1.165, 1.54) is 18.2 Å². The van der Waals surface area contributed by atoms with Gasteiger partial charge in [-0.1, -0.05) is 11.6 Å². The number of nitro groups is 1. The second-order valence-electron chi connectivity index (χ2n) is 5.18. The maximum Gasteiger partial charge on any atom is 0.338 e. The van der Waals surface area contributed by atoms with Crippen LogP contribution in [0.5, 0.6) is 0 Å². The molecule has 1 fully saturated rings. The molecule has 0 saturated carbocycles. The van der Waals surface area contributed by atoms with Crippen LogP contribution in [-0.2, 0) is 9.47 Å². The molecule has 0 radical (unpaired) electrons. The summed E-state index contributed by atoms with van der Waals surface area (Å²) in [6.07, 6.45) is 1.12. The first-order chi connectivity index (χ1) is 9.86. The van der Waals surface area contributed by atoms with Gasteiger partial charge in [-0.3, -0.25) is 10.1 Å². The van der Waals surface area contributed by atoms with Crippen LogP contribution in [0.3, 0.4) is 0 Å². The maximum atomic E-state index is 12.1. The van der Waals surface area contributed by atoms with Crippen molar-refractivity contribution in [3.63, 3.8) is 0 Å². The monoisotopic (exact) mass is 313 g/mol. The number of hydrogen-bond acceptors (Lipinski definition) is 5. The van der Waals surface area contributed by atoms with Crippen molar-refractivity contribution in [2.24, 2.45) is 0 Å². The van der Waals surface area contributed by atoms with E-state index < -0.39 is 10.9 Å². The van der Waals surface area contributed by atoms with Crippen LogP contribution in [0.4, 0.5) is 5.69 Å². The van der Waals surface area contributed by atoms with Gasteiger partial charge in [0.1, 0.15) is 11.1 Å². The van der Waals surface area contributed by atoms with Gasteiger partial charge in [0.05, 0.1) is 22.7 Å². The van der Waals surface area contributed by atoms with E-state index >= 15 is 0 Å². The van der Waals surface area contributed by atoms with Crippen LogP contribution in [0, 0.1) is 10.1 Å². The minimum Gasteiger partial charge on any atom is -0.459 e. The summed E-state index contributed by atoms with van der Waals surface area (Å²) in [6, 6.07) is 3.81. The van der Waals surface area contributed by atoms with Crippen molar-refractivity contribution in [2.45, 2.75) is 45.0 Å². The van der Waals surface area contributed by atoms with Gasteiger partial charge in [0, 0.05) is 18.9 Å². The van der Waals surface area contributed by atoms with Gasteiger partial charge in [0.15, 0.2) is 0 Å². The molecule has 0 amide bonds. The summed E-state index contributed by atoms with van der Waals surface area (Å²) in [4.78, 5) is 22.2. The number of carbonyl (C=O) groups is 1. The topological polar surface area (TPSA) is 78.7 Å². The van der Waals surface area contributed by atoms with Gasteiger partial charge in [-0.25, -0.2) is 4.79 Å². The number of rotatable bonds is 3. The van der Waals surface area contributed by atoms with Crippen molar-refractivity contribution in [1.29, 1.82) is 0 Å². The third kappa shape index (κ3) is 3.92. The highest BCUT2D eigenvalue weighted by Gasteiger charge is 2.28. The van der Waals surface area contributed by atoms with Gasteiger partial charge >= 0.3 is 5.97 Å². The van der Waals surface area contributed by atoms with Crippen LogP contribution >= 0.6 is 11.6 Å².